The molecule has 0 unspecified atom stereocenters. The average molecular weight is 135 g/mol. The summed E-state index contributed by atoms with van der Waals surface area (Å²) in [6, 6.07) is 0. The van der Waals surface area contributed by atoms with Crippen LogP contribution >= 0.6 is 0 Å². The molecule has 1 radical (unpaired) electrons. The number of hydrogen-bond acceptors (Lipinski definition) is 3. The number of aromatic amines is 1. The molecule has 1 aliphatic rings. The number of hydrogen-bond donors (Lipinski definition) is 1. The molecule has 0 aliphatic carbocycles. The van der Waals surface area contributed by atoms with Gasteiger partial charge in [-0.15, -0.1) is 0 Å². The van der Waals surface area contributed by atoms with Gasteiger partial charge in [0, 0.05) is 0 Å². The van der Waals surface area contributed by atoms with Crippen molar-refractivity contribution in [3.05, 3.63) is 12.0 Å². The topological polar surface area (TPSA) is 72.2 Å². The highest BCUT2D eigenvalue weighted by Gasteiger charge is 2.16. The van der Waals surface area contributed by atoms with Crippen molar-refractivity contribution in [1.29, 1.82) is 0 Å². The van der Waals surface area contributed by atoms with Crippen LogP contribution in [-0.2, 0) is 0 Å². The molecule has 1 aromatic heterocycles. The number of carbonyl (C=O) groups is 1. The second kappa shape index (κ2) is 1.66. The Balaban J connectivity index is 2.62. The maximum atomic E-state index is 10.8. The molecule has 5 heteroatoms. The van der Waals surface area contributed by atoms with Crippen LogP contribution in [0.25, 0.3) is 0 Å². The smallest absolute Gasteiger partial charge is 0.298 e. The van der Waals surface area contributed by atoms with E-state index in [-0.39, 0.29) is 5.91 Å². The Morgan fingerprint density at radius 2 is 2.40 bits per heavy atom. The molecule has 2 heterocycles. The third-order valence-corrected chi connectivity index (χ3v) is 1.19. The van der Waals surface area contributed by atoms with Crippen molar-refractivity contribution in [2.24, 2.45) is 4.99 Å². The number of imidazole rings is 1. The van der Waals surface area contributed by atoms with E-state index in [0.29, 0.717) is 11.5 Å². The molecule has 0 saturated carbocycles. The molecule has 5 nitrogen and oxygen atoms in total. The van der Waals surface area contributed by atoms with Crippen LogP contribution in [0.2, 0.25) is 0 Å². The lowest BCUT2D eigenvalue weighted by molar-refractivity contribution is 0.0970. The molecule has 1 aromatic rings. The van der Waals surface area contributed by atoms with Gasteiger partial charge in [-0.3, -0.25) is 4.79 Å². The summed E-state index contributed by atoms with van der Waals surface area (Å²) in [7, 11) is 0. The zero-order valence-electron chi connectivity index (χ0n) is 4.90. The minimum absolute atomic E-state index is 0.317. The van der Waals surface area contributed by atoms with Crippen molar-refractivity contribution in [3.63, 3.8) is 0 Å². The first-order valence-electron chi connectivity index (χ1n) is 2.69. The van der Waals surface area contributed by atoms with E-state index in [4.69, 9.17) is 0 Å². The van der Waals surface area contributed by atoms with Crippen molar-refractivity contribution in [2.75, 3.05) is 0 Å². The molecule has 0 aromatic carbocycles. The predicted molar refractivity (Wildman–Crippen MR) is 33.2 cm³/mol. The first kappa shape index (κ1) is 5.16. The number of rotatable bonds is 0. The molecule has 49 valence electrons. The van der Waals surface area contributed by atoms with Crippen LogP contribution in [0.1, 0.15) is 10.5 Å². The van der Waals surface area contributed by atoms with Crippen molar-refractivity contribution in [2.45, 2.75) is 0 Å². The molecule has 1 N–H and O–H groups in total. The number of aliphatic imine (C=N–C) groups is 1. The van der Waals surface area contributed by atoms with Crippen LogP contribution in [0.3, 0.4) is 0 Å². The van der Waals surface area contributed by atoms with E-state index in [0.717, 1.165) is 0 Å². The number of aromatic nitrogens is 2. The SMILES string of the molecule is O=C1[N]C=Nc2nc[nH]c21. The minimum atomic E-state index is -0.317. The van der Waals surface area contributed by atoms with Crippen LogP contribution in [0, 0.1) is 0 Å². The number of carbonyl (C=O) groups excluding carboxylic acids is 1. The fourth-order valence-corrected chi connectivity index (χ4v) is 0.743. The lowest BCUT2D eigenvalue weighted by Gasteiger charge is -1.98. The van der Waals surface area contributed by atoms with Gasteiger partial charge in [-0.1, -0.05) is 0 Å². The Morgan fingerprint density at radius 3 is 3.20 bits per heavy atom. The Labute approximate surface area is 56.2 Å². The standard InChI is InChI=1S/C5H3N4O/c10-5-3-4(7-1-6-3)8-2-9-5/h1-2H,(H,6,7). The number of nitrogens with zero attached hydrogens (tertiary/aromatic N) is 3. The highest BCUT2D eigenvalue weighted by molar-refractivity contribution is 6.04. The predicted octanol–water partition coefficient (Wildman–Crippen LogP) is -0.172. The van der Waals surface area contributed by atoms with Crippen LogP contribution in [0.5, 0.6) is 0 Å². The molecule has 0 atom stereocenters. The van der Waals surface area contributed by atoms with Gasteiger partial charge >= 0.3 is 0 Å². The second-order valence-electron chi connectivity index (χ2n) is 1.78. The van der Waals surface area contributed by atoms with E-state index < -0.39 is 0 Å². The number of fused-ring (bicyclic) bond motifs is 1. The molecule has 0 saturated heterocycles. The summed E-state index contributed by atoms with van der Waals surface area (Å²) >= 11 is 0. The van der Waals surface area contributed by atoms with E-state index in [1.54, 1.807) is 0 Å². The summed E-state index contributed by atoms with van der Waals surface area (Å²) in [5.41, 5.74) is 0.363. The summed E-state index contributed by atoms with van der Waals surface area (Å²) in [6.45, 7) is 0. The summed E-state index contributed by atoms with van der Waals surface area (Å²) in [4.78, 5) is 21.0. The Kier molecular flexibility index (Phi) is 0.858. The Morgan fingerprint density at radius 1 is 1.50 bits per heavy atom. The second-order valence-corrected chi connectivity index (χ2v) is 1.78. The lowest BCUT2D eigenvalue weighted by Crippen LogP contribution is -2.17. The molecular formula is C5H3N4O. The highest BCUT2D eigenvalue weighted by Crippen LogP contribution is 2.14. The molecular weight excluding hydrogens is 132 g/mol. The van der Waals surface area contributed by atoms with Gasteiger partial charge in [-0.05, 0) is 0 Å². The van der Waals surface area contributed by atoms with Crippen LogP contribution in [0.15, 0.2) is 11.3 Å². The third kappa shape index (κ3) is 0.540. The Hall–Kier alpha value is -1.65. The number of H-pyrrole nitrogens is 1. The monoisotopic (exact) mass is 135 g/mol. The normalized spacial score (nSPS) is 14.6. The molecule has 2 rings (SSSR count). The molecule has 0 bridgehead atoms. The van der Waals surface area contributed by atoms with Gasteiger partial charge in [-0.25, -0.2) is 9.98 Å². The maximum Gasteiger partial charge on any atom is 0.298 e. The van der Waals surface area contributed by atoms with Crippen LogP contribution in [-0.4, -0.2) is 22.2 Å². The van der Waals surface area contributed by atoms with Crippen LogP contribution in [0.4, 0.5) is 5.82 Å². The van der Waals surface area contributed by atoms with Crippen LogP contribution < -0.4 is 5.32 Å². The molecule has 10 heavy (non-hydrogen) atoms. The maximum absolute atomic E-state index is 10.8. The Bertz CT molecular complexity index is 300. The molecule has 0 spiro atoms. The van der Waals surface area contributed by atoms with Gasteiger partial charge in [0.25, 0.3) is 5.91 Å². The van der Waals surface area contributed by atoms with Crippen molar-refractivity contribution >= 4 is 18.1 Å². The van der Waals surface area contributed by atoms with Gasteiger partial charge in [-0.2, -0.15) is 5.32 Å². The molecule has 0 fully saturated rings. The van der Waals surface area contributed by atoms with Gasteiger partial charge in [0.1, 0.15) is 6.34 Å². The lowest BCUT2D eigenvalue weighted by atomic mass is 10.4. The first-order chi connectivity index (χ1) is 4.88. The summed E-state index contributed by atoms with van der Waals surface area (Å²) in [5, 5.41) is 3.44. The van der Waals surface area contributed by atoms with E-state index in [2.05, 4.69) is 20.3 Å². The summed E-state index contributed by atoms with van der Waals surface area (Å²) in [5.74, 6) is 0.0995. The van der Waals surface area contributed by atoms with E-state index >= 15 is 0 Å². The first-order valence-corrected chi connectivity index (χ1v) is 2.69. The van der Waals surface area contributed by atoms with Crippen molar-refractivity contribution in [3.8, 4) is 0 Å². The zero-order valence-corrected chi connectivity index (χ0v) is 4.90. The van der Waals surface area contributed by atoms with Gasteiger partial charge in [0.2, 0.25) is 0 Å². The summed E-state index contributed by atoms with van der Waals surface area (Å²) < 4.78 is 0. The van der Waals surface area contributed by atoms with Crippen molar-refractivity contribution < 1.29 is 4.79 Å². The molecule has 1 aliphatic heterocycles. The number of nitrogens with one attached hydrogen (secondary N) is 1. The van der Waals surface area contributed by atoms with E-state index in [9.17, 15) is 4.79 Å². The fourth-order valence-electron chi connectivity index (χ4n) is 0.743. The van der Waals surface area contributed by atoms with E-state index in [1.165, 1.54) is 12.7 Å². The third-order valence-electron chi connectivity index (χ3n) is 1.19. The highest BCUT2D eigenvalue weighted by atomic mass is 16.2. The summed E-state index contributed by atoms with van der Waals surface area (Å²) in [6.07, 6.45) is 2.62. The zero-order chi connectivity index (χ0) is 6.97. The quantitative estimate of drug-likeness (QED) is 0.536. The van der Waals surface area contributed by atoms with Gasteiger partial charge in [0.05, 0.1) is 6.33 Å². The molecule has 1 amide bonds. The fraction of sp³-hybridized carbons (Fsp3) is 0. The largest absolute Gasteiger partial charge is 0.339 e. The van der Waals surface area contributed by atoms with Gasteiger partial charge in [0.15, 0.2) is 11.5 Å². The van der Waals surface area contributed by atoms with Crippen molar-refractivity contribution in [1.82, 2.24) is 15.3 Å². The number of amides is 1. The average Bonchev–Trinajstić information content (AvgIpc) is 2.36. The van der Waals surface area contributed by atoms with Gasteiger partial charge < -0.3 is 4.98 Å². The minimum Gasteiger partial charge on any atom is -0.339 e. The van der Waals surface area contributed by atoms with E-state index in [1.807, 2.05) is 0 Å².